The quantitative estimate of drug-likeness (QED) is 0.926. The van der Waals surface area contributed by atoms with E-state index in [0.29, 0.717) is 5.56 Å². The highest BCUT2D eigenvalue weighted by molar-refractivity contribution is 7.08. The van der Waals surface area contributed by atoms with E-state index < -0.39 is 0 Å². The first-order valence-corrected chi connectivity index (χ1v) is 7.28. The Balaban J connectivity index is 2.23. The topological polar surface area (TPSA) is 42.0 Å². The minimum Gasteiger partial charge on any atom is -0.343 e. The molecule has 0 saturated heterocycles. The first-order valence-electron chi connectivity index (χ1n) is 6.34. The number of pyridine rings is 1. The second-order valence-electron chi connectivity index (χ2n) is 4.91. The summed E-state index contributed by atoms with van der Waals surface area (Å²) in [6.45, 7) is 6.20. The first kappa shape index (κ1) is 13.7. The summed E-state index contributed by atoms with van der Waals surface area (Å²) < 4.78 is 0. The van der Waals surface area contributed by atoms with Crippen LogP contribution in [0, 0.1) is 12.8 Å². The third-order valence-corrected chi connectivity index (χ3v) is 3.76. The zero-order valence-corrected chi connectivity index (χ0v) is 12.2. The molecular weight excluding hydrogens is 256 g/mol. The fourth-order valence-electron chi connectivity index (χ4n) is 1.99. The van der Waals surface area contributed by atoms with Gasteiger partial charge in [0, 0.05) is 11.6 Å². The molecule has 0 aliphatic rings. The summed E-state index contributed by atoms with van der Waals surface area (Å²) in [5, 5.41) is 6.85. The minimum atomic E-state index is -0.0615. The molecule has 0 aliphatic carbocycles. The maximum atomic E-state index is 12.2. The summed E-state index contributed by atoms with van der Waals surface area (Å²) in [5.41, 5.74) is 2.76. The highest BCUT2D eigenvalue weighted by atomic mass is 32.1. The largest absolute Gasteiger partial charge is 0.343 e. The molecule has 0 saturated carbocycles. The average Bonchev–Trinajstić information content (AvgIpc) is 2.90. The predicted octanol–water partition coefficient (Wildman–Crippen LogP) is 3.58. The van der Waals surface area contributed by atoms with Crippen molar-refractivity contribution in [3.63, 3.8) is 0 Å². The minimum absolute atomic E-state index is 0.0370. The number of rotatable bonds is 4. The number of nitrogens with zero attached hydrogens (tertiary/aromatic N) is 1. The van der Waals surface area contributed by atoms with E-state index in [1.807, 2.05) is 35.9 Å². The van der Waals surface area contributed by atoms with Crippen molar-refractivity contribution < 1.29 is 4.79 Å². The van der Waals surface area contributed by atoms with Crippen LogP contribution in [-0.2, 0) is 0 Å². The molecule has 0 spiro atoms. The van der Waals surface area contributed by atoms with Crippen LogP contribution in [0.5, 0.6) is 0 Å². The summed E-state index contributed by atoms with van der Waals surface area (Å²) in [5.74, 6) is 0.251. The van der Waals surface area contributed by atoms with E-state index in [9.17, 15) is 4.79 Å². The number of aryl methyl sites for hydroxylation is 1. The standard InChI is InChI=1S/C15H18N2OS/c1-10(2)13(14-11(3)5-4-7-16-14)17-15(18)12-6-8-19-9-12/h4-10,13H,1-3H3,(H,17,18)/t13-/m1/s1. The Hall–Kier alpha value is -1.68. The number of carbonyl (C=O) groups is 1. The molecule has 0 aliphatic heterocycles. The van der Waals surface area contributed by atoms with Crippen molar-refractivity contribution in [2.24, 2.45) is 5.92 Å². The van der Waals surface area contributed by atoms with Crippen LogP contribution >= 0.6 is 11.3 Å². The number of nitrogens with one attached hydrogen (secondary N) is 1. The normalized spacial score (nSPS) is 12.4. The fraction of sp³-hybridized carbons (Fsp3) is 0.333. The molecule has 0 bridgehead atoms. The molecule has 0 unspecified atom stereocenters. The van der Waals surface area contributed by atoms with Crippen molar-refractivity contribution in [3.05, 3.63) is 52.0 Å². The van der Waals surface area contributed by atoms with Gasteiger partial charge in [-0.1, -0.05) is 19.9 Å². The van der Waals surface area contributed by atoms with Crippen molar-refractivity contribution >= 4 is 17.2 Å². The molecule has 2 aromatic heterocycles. The van der Waals surface area contributed by atoms with Gasteiger partial charge < -0.3 is 5.32 Å². The van der Waals surface area contributed by atoms with Crippen molar-refractivity contribution in [2.75, 3.05) is 0 Å². The lowest BCUT2D eigenvalue weighted by atomic mass is 9.97. The Morgan fingerprint density at radius 2 is 2.16 bits per heavy atom. The van der Waals surface area contributed by atoms with E-state index in [-0.39, 0.29) is 17.9 Å². The maximum Gasteiger partial charge on any atom is 0.252 e. The first-order chi connectivity index (χ1) is 9.09. The molecule has 2 heterocycles. The van der Waals surface area contributed by atoms with Gasteiger partial charge in [-0.2, -0.15) is 11.3 Å². The Morgan fingerprint density at radius 3 is 2.74 bits per heavy atom. The lowest BCUT2D eigenvalue weighted by Gasteiger charge is -2.23. The lowest BCUT2D eigenvalue weighted by molar-refractivity contribution is 0.0925. The molecule has 0 radical (unpaired) electrons. The summed E-state index contributed by atoms with van der Waals surface area (Å²) in [6, 6.07) is 5.71. The summed E-state index contributed by atoms with van der Waals surface area (Å²) in [6.07, 6.45) is 1.77. The third kappa shape index (κ3) is 3.20. The Bertz CT molecular complexity index is 549. The molecular formula is C15H18N2OS. The van der Waals surface area contributed by atoms with Gasteiger partial charge in [0.25, 0.3) is 5.91 Å². The predicted molar refractivity (Wildman–Crippen MR) is 78.3 cm³/mol. The van der Waals surface area contributed by atoms with Crippen LogP contribution in [0.3, 0.4) is 0 Å². The molecule has 2 aromatic rings. The number of thiophene rings is 1. The number of amides is 1. The van der Waals surface area contributed by atoms with E-state index in [1.54, 1.807) is 6.20 Å². The van der Waals surface area contributed by atoms with E-state index in [2.05, 4.69) is 24.1 Å². The maximum absolute atomic E-state index is 12.2. The monoisotopic (exact) mass is 274 g/mol. The molecule has 1 N–H and O–H groups in total. The Labute approximate surface area is 117 Å². The summed E-state index contributed by atoms with van der Waals surface area (Å²) in [7, 11) is 0. The van der Waals surface area contributed by atoms with Gasteiger partial charge in [0.1, 0.15) is 0 Å². The zero-order chi connectivity index (χ0) is 13.8. The molecule has 4 heteroatoms. The van der Waals surface area contributed by atoms with Crippen LogP contribution in [0.25, 0.3) is 0 Å². The number of hydrogen-bond donors (Lipinski definition) is 1. The molecule has 2 rings (SSSR count). The molecule has 100 valence electrons. The van der Waals surface area contributed by atoms with Crippen molar-refractivity contribution in [1.82, 2.24) is 10.3 Å². The third-order valence-electron chi connectivity index (χ3n) is 3.08. The zero-order valence-electron chi connectivity index (χ0n) is 11.4. The molecule has 3 nitrogen and oxygen atoms in total. The highest BCUT2D eigenvalue weighted by Gasteiger charge is 2.21. The highest BCUT2D eigenvalue weighted by Crippen LogP contribution is 2.23. The second-order valence-corrected chi connectivity index (χ2v) is 5.69. The molecule has 19 heavy (non-hydrogen) atoms. The smallest absolute Gasteiger partial charge is 0.252 e. The SMILES string of the molecule is Cc1cccnc1[C@H](NC(=O)c1ccsc1)C(C)C. The average molecular weight is 274 g/mol. The van der Waals surface area contributed by atoms with Gasteiger partial charge >= 0.3 is 0 Å². The van der Waals surface area contributed by atoms with Crippen molar-refractivity contribution in [2.45, 2.75) is 26.8 Å². The van der Waals surface area contributed by atoms with Crippen LogP contribution in [0.15, 0.2) is 35.2 Å². The molecule has 0 fully saturated rings. The van der Waals surface area contributed by atoms with Crippen LogP contribution in [0.4, 0.5) is 0 Å². The van der Waals surface area contributed by atoms with Crippen LogP contribution in [0.1, 0.15) is 41.5 Å². The van der Waals surface area contributed by atoms with E-state index >= 15 is 0 Å². The molecule has 1 atom stereocenters. The van der Waals surface area contributed by atoms with Gasteiger partial charge in [0.2, 0.25) is 0 Å². The van der Waals surface area contributed by atoms with Crippen molar-refractivity contribution in [3.8, 4) is 0 Å². The van der Waals surface area contributed by atoms with E-state index in [1.165, 1.54) is 11.3 Å². The van der Waals surface area contributed by atoms with Gasteiger partial charge in [0.15, 0.2) is 0 Å². The van der Waals surface area contributed by atoms with Gasteiger partial charge in [-0.25, -0.2) is 0 Å². The van der Waals surface area contributed by atoms with E-state index in [4.69, 9.17) is 0 Å². The summed E-state index contributed by atoms with van der Waals surface area (Å²) in [4.78, 5) is 16.6. The number of carbonyl (C=O) groups excluding carboxylic acids is 1. The van der Waals surface area contributed by atoms with Crippen LogP contribution in [0.2, 0.25) is 0 Å². The lowest BCUT2D eigenvalue weighted by Crippen LogP contribution is -2.32. The molecule has 0 aromatic carbocycles. The van der Waals surface area contributed by atoms with Crippen LogP contribution in [-0.4, -0.2) is 10.9 Å². The number of hydrogen-bond acceptors (Lipinski definition) is 3. The fourth-order valence-corrected chi connectivity index (χ4v) is 2.63. The molecule has 1 amide bonds. The summed E-state index contributed by atoms with van der Waals surface area (Å²) >= 11 is 1.53. The Kier molecular flexibility index (Phi) is 4.32. The van der Waals surface area contributed by atoms with Gasteiger partial charge in [-0.15, -0.1) is 0 Å². The number of aromatic nitrogens is 1. The second kappa shape index (κ2) is 5.97. The van der Waals surface area contributed by atoms with Gasteiger partial charge in [0.05, 0.1) is 17.3 Å². The van der Waals surface area contributed by atoms with E-state index in [0.717, 1.165) is 11.3 Å². The Morgan fingerprint density at radius 1 is 1.37 bits per heavy atom. The van der Waals surface area contributed by atoms with Gasteiger partial charge in [-0.3, -0.25) is 9.78 Å². The van der Waals surface area contributed by atoms with Crippen molar-refractivity contribution in [1.29, 1.82) is 0 Å². The van der Waals surface area contributed by atoms with Crippen LogP contribution < -0.4 is 5.32 Å². The van der Waals surface area contributed by atoms with Gasteiger partial charge in [-0.05, 0) is 35.9 Å².